The minimum absolute atomic E-state index is 0.300. The topological polar surface area (TPSA) is 39.3 Å². The predicted molar refractivity (Wildman–Crippen MR) is 109 cm³/mol. The molecule has 5 rings (SSSR count). The molecular formula is C23H29N3O. The van der Waals surface area contributed by atoms with E-state index in [0.29, 0.717) is 17.9 Å². The molecule has 1 atom stereocenters. The highest BCUT2D eigenvalue weighted by Crippen LogP contribution is 2.40. The van der Waals surface area contributed by atoms with Gasteiger partial charge in [-0.1, -0.05) is 30.4 Å². The molecule has 1 spiro atoms. The average molecular weight is 364 g/mol. The lowest BCUT2D eigenvalue weighted by atomic mass is 9.71. The Morgan fingerprint density at radius 3 is 2.96 bits per heavy atom. The number of para-hydroxylation sites is 1. The SMILES string of the molecule is O=C(CN1CCC[C@]2(CC=CCC2)C1)N1CCc2[nH]c3ccccc3c2C1. The molecule has 0 bridgehead atoms. The van der Waals surface area contributed by atoms with Crippen LogP contribution in [0.2, 0.25) is 0 Å². The Hall–Kier alpha value is -2.07. The molecular weight excluding hydrogens is 334 g/mol. The monoisotopic (exact) mass is 363 g/mol. The molecule has 1 aromatic heterocycles. The van der Waals surface area contributed by atoms with Crippen LogP contribution in [-0.4, -0.2) is 46.9 Å². The maximum Gasteiger partial charge on any atom is 0.237 e. The summed E-state index contributed by atoms with van der Waals surface area (Å²) in [7, 11) is 0. The van der Waals surface area contributed by atoms with Gasteiger partial charge in [0.15, 0.2) is 0 Å². The molecule has 142 valence electrons. The summed E-state index contributed by atoms with van der Waals surface area (Å²) in [6.45, 7) is 4.34. The van der Waals surface area contributed by atoms with Crippen molar-refractivity contribution < 1.29 is 4.79 Å². The van der Waals surface area contributed by atoms with Crippen LogP contribution in [0.3, 0.4) is 0 Å². The van der Waals surface area contributed by atoms with Crippen LogP contribution in [0.1, 0.15) is 43.4 Å². The summed E-state index contributed by atoms with van der Waals surface area (Å²) in [6.07, 6.45) is 11.9. The second-order valence-corrected chi connectivity index (χ2v) is 8.72. The molecule has 0 saturated carbocycles. The summed E-state index contributed by atoms with van der Waals surface area (Å²) in [5.41, 5.74) is 4.25. The van der Waals surface area contributed by atoms with Gasteiger partial charge < -0.3 is 9.88 Å². The number of piperidine rings is 1. The highest BCUT2D eigenvalue weighted by molar-refractivity contribution is 5.86. The van der Waals surface area contributed by atoms with E-state index in [4.69, 9.17) is 0 Å². The third kappa shape index (κ3) is 3.20. The number of hydrogen-bond acceptors (Lipinski definition) is 2. The summed E-state index contributed by atoms with van der Waals surface area (Å²) in [4.78, 5) is 21.1. The number of aromatic nitrogens is 1. The van der Waals surface area contributed by atoms with Crippen molar-refractivity contribution in [1.29, 1.82) is 0 Å². The Morgan fingerprint density at radius 1 is 1.15 bits per heavy atom. The maximum absolute atomic E-state index is 13.1. The van der Waals surface area contributed by atoms with E-state index in [0.717, 1.165) is 32.6 Å². The van der Waals surface area contributed by atoms with E-state index in [1.54, 1.807) is 0 Å². The third-order valence-corrected chi connectivity index (χ3v) is 6.89. The molecule has 1 aromatic carbocycles. The van der Waals surface area contributed by atoms with Gasteiger partial charge in [-0.15, -0.1) is 0 Å². The lowest BCUT2D eigenvalue weighted by molar-refractivity contribution is -0.134. The maximum atomic E-state index is 13.1. The number of fused-ring (bicyclic) bond motifs is 3. The fourth-order valence-corrected chi connectivity index (χ4v) is 5.43. The van der Waals surface area contributed by atoms with Crippen molar-refractivity contribution in [3.05, 3.63) is 47.7 Å². The number of carbonyl (C=O) groups excluding carboxylic acids is 1. The van der Waals surface area contributed by atoms with Gasteiger partial charge in [0.2, 0.25) is 5.91 Å². The largest absolute Gasteiger partial charge is 0.358 e. The first-order valence-corrected chi connectivity index (χ1v) is 10.5. The lowest BCUT2D eigenvalue weighted by Crippen LogP contribution is -2.49. The van der Waals surface area contributed by atoms with Gasteiger partial charge >= 0.3 is 0 Å². The van der Waals surface area contributed by atoms with Crippen LogP contribution in [0.4, 0.5) is 0 Å². The molecule has 2 aliphatic heterocycles. The number of H-pyrrole nitrogens is 1. The van der Waals surface area contributed by atoms with Crippen molar-refractivity contribution in [1.82, 2.24) is 14.8 Å². The summed E-state index contributed by atoms with van der Waals surface area (Å²) in [5, 5.41) is 1.27. The van der Waals surface area contributed by atoms with Crippen molar-refractivity contribution >= 4 is 16.8 Å². The fourth-order valence-electron chi connectivity index (χ4n) is 5.43. The van der Waals surface area contributed by atoms with Crippen molar-refractivity contribution in [2.24, 2.45) is 5.41 Å². The Balaban J connectivity index is 1.27. The van der Waals surface area contributed by atoms with E-state index >= 15 is 0 Å². The molecule has 1 aliphatic carbocycles. The molecule has 4 heteroatoms. The van der Waals surface area contributed by atoms with Gasteiger partial charge in [-0.3, -0.25) is 9.69 Å². The van der Waals surface area contributed by atoms with Gasteiger partial charge in [-0.2, -0.15) is 0 Å². The minimum atomic E-state index is 0.300. The van der Waals surface area contributed by atoms with Crippen molar-refractivity contribution in [3.63, 3.8) is 0 Å². The van der Waals surface area contributed by atoms with Crippen LogP contribution < -0.4 is 0 Å². The Bertz CT molecular complexity index is 883. The smallest absolute Gasteiger partial charge is 0.237 e. The molecule has 0 unspecified atom stereocenters. The molecule has 2 aromatic rings. The van der Waals surface area contributed by atoms with Gasteiger partial charge in [-0.05, 0) is 50.1 Å². The van der Waals surface area contributed by atoms with Gasteiger partial charge in [-0.25, -0.2) is 0 Å². The minimum Gasteiger partial charge on any atom is -0.358 e. The van der Waals surface area contributed by atoms with Crippen LogP contribution in [0, 0.1) is 5.41 Å². The normalized spacial score (nSPS) is 25.9. The molecule has 3 aliphatic rings. The zero-order valence-corrected chi connectivity index (χ0v) is 16.0. The number of nitrogens with one attached hydrogen (secondary N) is 1. The van der Waals surface area contributed by atoms with Gasteiger partial charge in [0.1, 0.15) is 0 Å². The highest BCUT2D eigenvalue weighted by Gasteiger charge is 2.36. The number of carbonyl (C=O) groups is 1. The van der Waals surface area contributed by atoms with Crippen LogP contribution in [0.15, 0.2) is 36.4 Å². The van der Waals surface area contributed by atoms with E-state index < -0.39 is 0 Å². The quantitative estimate of drug-likeness (QED) is 0.823. The number of rotatable bonds is 2. The van der Waals surface area contributed by atoms with E-state index in [1.807, 2.05) is 0 Å². The third-order valence-electron chi connectivity index (χ3n) is 6.89. The highest BCUT2D eigenvalue weighted by atomic mass is 16.2. The first-order valence-electron chi connectivity index (χ1n) is 10.5. The van der Waals surface area contributed by atoms with Crippen molar-refractivity contribution in [2.75, 3.05) is 26.2 Å². The van der Waals surface area contributed by atoms with E-state index in [-0.39, 0.29) is 0 Å². The molecule has 1 saturated heterocycles. The number of amides is 1. The zero-order chi connectivity index (χ0) is 18.3. The summed E-state index contributed by atoms with van der Waals surface area (Å²) < 4.78 is 0. The first kappa shape index (κ1) is 17.1. The van der Waals surface area contributed by atoms with Crippen molar-refractivity contribution in [2.45, 2.75) is 45.1 Å². The number of nitrogens with zero attached hydrogens (tertiary/aromatic N) is 2. The molecule has 1 fully saturated rings. The summed E-state index contributed by atoms with van der Waals surface area (Å²) in [6, 6.07) is 8.46. The van der Waals surface area contributed by atoms with E-state index in [1.165, 1.54) is 54.3 Å². The number of hydrogen-bond donors (Lipinski definition) is 1. The van der Waals surface area contributed by atoms with Gasteiger partial charge in [0, 0.05) is 48.2 Å². The van der Waals surface area contributed by atoms with Crippen LogP contribution >= 0.6 is 0 Å². The molecule has 1 N–H and O–H groups in total. The zero-order valence-electron chi connectivity index (χ0n) is 16.0. The summed E-state index contributed by atoms with van der Waals surface area (Å²) >= 11 is 0. The Labute approximate surface area is 161 Å². The fraction of sp³-hybridized carbons (Fsp3) is 0.522. The van der Waals surface area contributed by atoms with Gasteiger partial charge in [0.25, 0.3) is 0 Å². The van der Waals surface area contributed by atoms with Crippen molar-refractivity contribution in [3.8, 4) is 0 Å². The summed E-state index contributed by atoms with van der Waals surface area (Å²) in [5.74, 6) is 0.300. The van der Waals surface area contributed by atoms with Crippen LogP contribution in [-0.2, 0) is 17.8 Å². The number of allylic oxidation sites excluding steroid dienone is 2. The second-order valence-electron chi connectivity index (χ2n) is 8.72. The molecule has 3 heterocycles. The second kappa shape index (κ2) is 6.83. The lowest BCUT2D eigenvalue weighted by Gasteiger charge is -2.44. The standard InChI is InChI=1S/C23H29N3O/c27-22(16-25-13-6-12-23(17-25)10-4-1-5-11-23)26-14-9-21-19(15-26)18-7-2-3-8-20(18)24-21/h1-4,7-8,24H,5-6,9-17H2/t23-/m1/s1. The number of aromatic amines is 1. The number of benzene rings is 1. The molecule has 27 heavy (non-hydrogen) atoms. The van der Waals surface area contributed by atoms with Crippen LogP contribution in [0.25, 0.3) is 10.9 Å². The van der Waals surface area contributed by atoms with E-state index in [2.05, 4.69) is 51.2 Å². The van der Waals surface area contributed by atoms with Gasteiger partial charge in [0.05, 0.1) is 6.54 Å². The molecule has 4 nitrogen and oxygen atoms in total. The number of likely N-dealkylation sites (tertiary alicyclic amines) is 1. The van der Waals surface area contributed by atoms with Crippen LogP contribution in [0.5, 0.6) is 0 Å². The average Bonchev–Trinajstić information content (AvgIpc) is 3.06. The van der Waals surface area contributed by atoms with E-state index in [9.17, 15) is 4.79 Å². The Kier molecular flexibility index (Phi) is 4.31. The Morgan fingerprint density at radius 2 is 2.07 bits per heavy atom. The molecule has 0 radical (unpaired) electrons. The first-order chi connectivity index (χ1) is 13.2. The molecule has 1 amide bonds. The predicted octanol–water partition coefficient (Wildman–Crippen LogP) is 3.87.